The number of epoxide rings is 1. The van der Waals surface area contributed by atoms with Gasteiger partial charge in [-0.2, -0.15) is 0 Å². The molecule has 3 amide bonds. The van der Waals surface area contributed by atoms with Crippen molar-refractivity contribution in [3.63, 3.8) is 0 Å². The van der Waals surface area contributed by atoms with Crippen LogP contribution in [-0.4, -0.2) is 52.5 Å². The maximum absolute atomic E-state index is 12.1. The summed E-state index contributed by atoms with van der Waals surface area (Å²) in [7, 11) is 0. The summed E-state index contributed by atoms with van der Waals surface area (Å²) >= 11 is 3.29. The molecule has 1 aromatic heterocycles. The van der Waals surface area contributed by atoms with Crippen molar-refractivity contribution in [3.05, 3.63) is 28.5 Å². The third-order valence-electron chi connectivity index (χ3n) is 3.06. The van der Waals surface area contributed by atoms with Gasteiger partial charge in [0.05, 0.1) is 31.5 Å². The summed E-state index contributed by atoms with van der Waals surface area (Å²) < 4.78 is 5.94. The Morgan fingerprint density at radius 2 is 2.21 bits per heavy atom. The van der Waals surface area contributed by atoms with E-state index in [1.807, 2.05) is 6.07 Å². The number of nitrogens with zero attached hydrogens (tertiary/aromatic N) is 3. The minimum atomic E-state index is -0.259. The van der Waals surface area contributed by atoms with Gasteiger partial charge in [-0.05, 0) is 28.1 Å². The fraction of sp³-hybridized carbons (Fsp3) is 0.417. The molecule has 1 aromatic rings. The maximum Gasteiger partial charge on any atom is 0.327 e. The van der Waals surface area contributed by atoms with E-state index in [0.717, 1.165) is 4.47 Å². The predicted octanol–water partition coefficient (Wildman–Crippen LogP) is 1.01. The fourth-order valence-corrected chi connectivity index (χ4v) is 2.21. The molecule has 2 saturated heterocycles. The summed E-state index contributed by atoms with van der Waals surface area (Å²) in [4.78, 5) is 30.9. The Kier molecular flexibility index (Phi) is 3.24. The molecule has 2 fully saturated rings. The molecule has 0 radical (unpaired) electrons. The molecule has 2 aliphatic rings. The van der Waals surface area contributed by atoms with Crippen molar-refractivity contribution in [3.8, 4) is 0 Å². The lowest BCUT2D eigenvalue weighted by molar-refractivity contribution is -0.125. The number of imide groups is 1. The van der Waals surface area contributed by atoms with E-state index in [0.29, 0.717) is 18.8 Å². The van der Waals surface area contributed by atoms with Crippen molar-refractivity contribution in [2.24, 2.45) is 0 Å². The number of hydrogen-bond acceptors (Lipinski definition) is 4. The lowest BCUT2D eigenvalue weighted by Gasteiger charge is -2.15. The summed E-state index contributed by atoms with van der Waals surface area (Å²) in [5.74, 6) is -0.185. The Morgan fingerprint density at radius 1 is 1.42 bits per heavy atom. The number of urea groups is 1. The third-order valence-corrected chi connectivity index (χ3v) is 3.53. The lowest BCUT2D eigenvalue weighted by Crippen LogP contribution is -2.34. The van der Waals surface area contributed by atoms with Crippen molar-refractivity contribution in [2.75, 3.05) is 19.7 Å². The highest BCUT2D eigenvalue weighted by atomic mass is 79.9. The zero-order valence-corrected chi connectivity index (χ0v) is 11.7. The second-order valence-electron chi connectivity index (χ2n) is 4.57. The molecule has 19 heavy (non-hydrogen) atoms. The van der Waals surface area contributed by atoms with Gasteiger partial charge >= 0.3 is 6.03 Å². The smallest absolute Gasteiger partial charge is 0.327 e. The van der Waals surface area contributed by atoms with Crippen LogP contribution in [0.1, 0.15) is 5.69 Å². The second-order valence-corrected chi connectivity index (χ2v) is 5.48. The molecule has 1 unspecified atom stereocenters. The van der Waals surface area contributed by atoms with Gasteiger partial charge in [0.1, 0.15) is 6.54 Å². The van der Waals surface area contributed by atoms with Crippen molar-refractivity contribution < 1.29 is 14.3 Å². The van der Waals surface area contributed by atoms with Crippen LogP contribution in [-0.2, 0) is 16.1 Å². The van der Waals surface area contributed by atoms with Gasteiger partial charge in [-0.25, -0.2) is 4.79 Å². The molecule has 0 saturated carbocycles. The molecule has 0 bridgehead atoms. The standard InChI is InChI=1S/C12H12BrN3O3/c13-8-1-2-9(14-3-8)4-16-11(17)6-15(12(16)18)5-10-7-19-10/h1-3,10H,4-7H2. The highest BCUT2D eigenvalue weighted by Crippen LogP contribution is 2.18. The predicted molar refractivity (Wildman–Crippen MR) is 69.2 cm³/mol. The molecule has 0 spiro atoms. The Bertz CT molecular complexity index is 515. The van der Waals surface area contributed by atoms with E-state index in [2.05, 4.69) is 20.9 Å². The zero-order valence-electron chi connectivity index (χ0n) is 10.1. The van der Waals surface area contributed by atoms with Crippen molar-refractivity contribution in [2.45, 2.75) is 12.6 Å². The number of rotatable bonds is 4. The molecule has 2 aliphatic heterocycles. The first-order valence-corrected chi connectivity index (χ1v) is 6.74. The number of halogens is 1. The van der Waals surface area contributed by atoms with Gasteiger partial charge in [0, 0.05) is 10.7 Å². The second kappa shape index (κ2) is 4.90. The van der Waals surface area contributed by atoms with Crippen molar-refractivity contribution in [1.29, 1.82) is 0 Å². The van der Waals surface area contributed by atoms with E-state index < -0.39 is 0 Å². The number of hydrogen-bond donors (Lipinski definition) is 0. The average molecular weight is 326 g/mol. The van der Waals surface area contributed by atoms with Crippen LogP contribution in [0, 0.1) is 0 Å². The molecule has 0 aromatic carbocycles. The number of aromatic nitrogens is 1. The first kappa shape index (κ1) is 12.6. The number of amides is 3. The number of ether oxygens (including phenoxy) is 1. The zero-order chi connectivity index (χ0) is 13.4. The van der Waals surface area contributed by atoms with Gasteiger partial charge in [0.25, 0.3) is 5.91 Å². The van der Waals surface area contributed by atoms with Crippen LogP contribution in [0.3, 0.4) is 0 Å². The van der Waals surface area contributed by atoms with Gasteiger partial charge < -0.3 is 9.64 Å². The first-order valence-electron chi connectivity index (χ1n) is 5.95. The van der Waals surface area contributed by atoms with Gasteiger partial charge in [0.2, 0.25) is 0 Å². The SMILES string of the molecule is O=C1CN(CC2CO2)C(=O)N1Cc1ccc(Br)cn1. The monoisotopic (exact) mass is 325 g/mol. The Labute approximate surface area is 118 Å². The molecule has 7 heteroatoms. The normalized spacial score (nSPS) is 22.3. The number of carbonyl (C=O) groups excluding carboxylic acids is 2. The quantitative estimate of drug-likeness (QED) is 0.612. The summed E-state index contributed by atoms with van der Waals surface area (Å²) in [5, 5.41) is 0. The molecule has 100 valence electrons. The topological polar surface area (TPSA) is 66.0 Å². The highest BCUT2D eigenvalue weighted by molar-refractivity contribution is 9.10. The van der Waals surface area contributed by atoms with Crippen LogP contribution in [0.2, 0.25) is 0 Å². The van der Waals surface area contributed by atoms with Crippen LogP contribution in [0.5, 0.6) is 0 Å². The van der Waals surface area contributed by atoms with Crippen LogP contribution in [0.15, 0.2) is 22.8 Å². The first-order chi connectivity index (χ1) is 9.13. The summed E-state index contributed by atoms with van der Waals surface area (Å²) in [5.41, 5.74) is 0.689. The molecule has 0 N–H and O–H groups in total. The molecule has 1 atom stereocenters. The maximum atomic E-state index is 12.1. The van der Waals surface area contributed by atoms with E-state index in [1.54, 1.807) is 12.3 Å². The lowest BCUT2D eigenvalue weighted by atomic mass is 10.3. The summed E-state index contributed by atoms with van der Waals surface area (Å²) in [6.07, 6.45) is 1.75. The average Bonchev–Trinajstić information content (AvgIpc) is 3.16. The van der Waals surface area contributed by atoms with Gasteiger partial charge in [-0.1, -0.05) is 0 Å². The van der Waals surface area contributed by atoms with Crippen LogP contribution >= 0.6 is 15.9 Å². The van der Waals surface area contributed by atoms with Crippen LogP contribution in [0.4, 0.5) is 4.79 Å². The summed E-state index contributed by atoms with van der Waals surface area (Å²) in [6.45, 7) is 1.52. The van der Waals surface area contributed by atoms with E-state index in [4.69, 9.17) is 4.74 Å². The minimum Gasteiger partial charge on any atom is -0.371 e. The minimum absolute atomic E-state index is 0.0995. The summed E-state index contributed by atoms with van der Waals surface area (Å²) in [6, 6.07) is 3.37. The van der Waals surface area contributed by atoms with E-state index in [9.17, 15) is 9.59 Å². The molecular weight excluding hydrogens is 314 g/mol. The third kappa shape index (κ3) is 2.76. The largest absolute Gasteiger partial charge is 0.371 e. The Morgan fingerprint density at radius 3 is 2.84 bits per heavy atom. The van der Waals surface area contributed by atoms with Gasteiger partial charge in [0.15, 0.2) is 0 Å². The fourth-order valence-electron chi connectivity index (χ4n) is 1.97. The molecular formula is C12H12BrN3O3. The van der Waals surface area contributed by atoms with Crippen LogP contribution in [0.25, 0.3) is 0 Å². The molecule has 3 rings (SSSR count). The van der Waals surface area contributed by atoms with Gasteiger partial charge in [-0.15, -0.1) is 0 Å². The van der Waals surface area contributed by atoms with E-state index in [1.165, 1.54) is 9.80 Å². The van der Waals surface area contributed by atoms with E-state index >= 15 is 0 Å². The van der Waals surface area contributed by atoms with Crippen molar-refractivity contribution in [1.82, 2.24) is 14.8 Å². The van der Waals surface area contributed by atoms with Gasteiger partial charge in [-0.3, -0.25) is 14.7 Å². The highest BCUT2D eigenvalue weighted by Gasteiger charge is 2.39. The van der Waals surface area contributed by atoms with Crippen LogP contribution < -0.4 is 0 Å². The molecule has 0 aliphatic carbocycles. The Balaban J connectivity index is 1.68. The molecule has 6 nitrogen and oxygen atoms in total. The van der Waals surface area contributed by atoms with Crippen molar-refractivity contribution >= 4 is 27.9 Å². The molecule has 3 heterocycles. The Hall–Kier alpha value is -1.47. The number of pyridine rings is 1. The van der Waals surface area contributed by atoms with E-state index in [-0.39, 0.29) is 31.1 Å². The number of carbonyl (C=O) groups is 2.